The molecule has 13 heavy (non-hydrogen) atoms. The Kier molecular flexibility index (Phi) is 2.03. The normalized spacial score (nSPS) is 10.2. The molecule has 0 N–H and O–H groups in total. The van der Waals surface area contributed by atoms with Crippen LogP contribution in [0, 0.1) is 0 Å². The zero-order chi connectivity index (χ0) is 9.26. The van der Waals surface area contributed by atoms with Crippen molar-refractivity contribution in [3.8, 4) is 0 Å². The van der Waals surface area contributed by atoms with Crippen molar-refractivity contribution in [3.63, 3.8) is 0 Å². The fraction of sp³-hybridized carbons (Fsp3) is 0. The van der Waals surface area contributed by atoms with E-state index in [9.17, 15) is 4.79 Å². The van der Waals surface area contributed by atoms with Crippen LogP contribution < -0.4 is 0 Å². The molecule has 0 saturated heterocycles. The minimum Gasteiger partial charge on any atom is -0.298 e. The van der Waals surface area contributed by atoms with Crippen LogP contribution >= 0.6 is 11.6 Å². The smallest absolute Gasteiger partial charge is 0.150 e. The Morgan fingerprint density at radius 1 is 1.00 bits per heavy atom. The first-order chi connectivity index (χ1) is 6.29. The Balaban J connectivity index is 2.73. The molecule has 0 radical (unpaired) electrons. The molecule has 0 unspecified atom stereocenters. The van der Waals surface area contributed by atoms with E-state index in [1.807, 2.05) is 30.3 Å². The summed E-state index contributed by atoms with van der Waals surface area (Å²) in [6.45, 7) is 0. The second-order valence-electron chi connectivity index (χ2n) is 2.87. The van der Waals surface area contributed by atoms with Gasteiger partial charge >= 0.3 is 0 Å². The van der Waals surface area contributed by atoms with Crippen LogP contribution in [0.4, 0.5) is 0 Å². The number of carbonyl (C=O) groups is 1. The molecule has 0 aliphatic carbocycles. The van der Waals surface area contributed by atoms with E-state index < -0.39 is 0 Å². The molecule has 0 amide bonds. The third-order valence-corrected chi connectivity index (χ3v) is 2.20. The standard InChI is InChI=1S/C11H7ClO/c12-11-4-3-9-5-8(7-13)1-2-10(9)6-11/h1-7H. The van der Waals surface area contributed by atoms with Crippen molar-refractivity contribution in [2.24, 2.45) is 0 Å². The molecule has 2 aromatic rings. The van der Waals surface area contributed by atoms with E-state index in [0.717, 1.165) is 17.1 Å². The van der Waals surface area contributed by atoms with Gasteiger partial charge < -0.3 is 0 Å². The lowest BCUT2D eigenvalue weighted by Crippen LogP contribution is -1.79. The SMILES string of the molecule is O=Cc1ccc2cc(Cl)ccc2c1. The second-order valence-corrected chi connectivity index (χ2v) is 3.31. The number of hydrogen-bond donors (Lipinski definition) is 0. The molecule has 0 saturated carbocycles. The van der Waals surface area contributed by atoms with E-state index >= 15 is 0 Å². The van der Waals surface area contributed by atoms with Gasteiger partial charge in [-0.25, -0.2) is 0 Å². The van der Waals surface area contributed by atoms with Crippen LogP contribution in [0.25, 0.3) is 10.8 Å². The summed E-state index contributed by atoms with van der Waals surface area (Å²) in [5.41, 5.74) is 0.690. The summed E-state index contributed by atoms with van der Waals surface area (Å²) < 4.78 is 0. The van der Waals surface area contributed by atoms with E-state index in [-0.39, 0.29) is 0 Å². The van der Waals surface area contributed by atoms with Gasteiger partial charge in [-0.1, -0.05) is 29.8 Å². The zero-order valence-corrected chi connectivity index (χ0v) is 7.58. The number of rotatable bonds is 1. The molecule has 1 nitrogen and oxygen atoms in total. The monoisotopic (exact) mass is 190 g/mol. The van der Waals surface area contributed by atoms with Gasteiger partial charge in [0.15, 0.2) is 0 Å². The number of halogens is 1. The molecule has 0 aliphatic rings. The van der Waals surface area contributed by atoms with Gasteiger partial charge in [0.1, 0.15) is 6.29 Å². The Hall–Kier alpha value is -1.34. The van der Waals surface area contributed by atoms with Crippen molar-refractivity contribution >= 4 is 28.7 Å². The molecule has 64 valence electrons. The Labute approximate surface area is 80.9 Å². The summed E-state index contributed by atoms with van der Waals surface area (Å²) in [6.07, 6.45) is 0.841. The highest BCUT2D eigenvalue weighted by Gasteiger charge is 1.95. The van der Waals surface area contributed by atoms with Crippen LogP contribution in [0.5, 0.6) is 0 Å². The van der Waals surface area contributed by atoms with Crippen molar-refractivity contribution in [3.05, 3.63) is 47.0 Å². The highest BCUT2D eigenvalue weighted by atomic mass is 35.5. The molecule has 2 heteroatoms. The van der Waals surface area contributed by atoms with Crippen molar-refractivity contribution in [1.82, 2.24) is 0 Å². The number of carbonyl (C=O) groups excluding carboxylic acids is 1. The van der Waals surface area contributed by atoms with Crippen LogP contribution in [0.1, 0.15) is 10.4 Å². The Bertz CT molecular complexity index is 463. The number of fused-ring (bicyclic) bond motifs is 1. The van der Waals surface area contributed by atoms with Crippen molar-refractivity contribution in [2.45, 2.75) is 0 Å². The van der Waals surface area contributed by atoms with E-state index in [1.54, 1.807) is 6.07 Å². The molecule has 2 rings (SSSR count). The third-order valence-electron chi connectivity index (χ3n) is 1.96. The van der Waals surface area contributed by atoms with Gasteiger partial charge in [0.25, 0.3) is 0 Å². The third kappa shape index (κ3) is 1.56. The summed E-state index contributed by atoms with van der Waals surface area (Å²) in [7, 11) is 0. The van der Waals surface area contributed by atoms with Crippen molar-refractivity contribution in [2.75, 3.05) is 0 Å². The minimum absolute atomic E-state index is 0.690. The average Bonchev–Trinajstić information content (AvgIpc) is 2.17. The van der Waals surface area contributed by atoms with Gasteiger partial charge in [-0.2, -0.15) is 0 Å². The van der Waals surface area contributed by atoms with Gasteiger partial charge in [-0.15, -0.1) is 0 Å². The number of aldehydes is 1. The maximum atomic E-state index is 10.5. The average molecular weight is 191 g/mol. The maximum absolute atomic E-state index is 10.5. The summed E-state index contributed by atoms with van der Waals surface area (Å²) in [4.78, 5) is 10.5. The first-order valence-electron chi connectivity index (χ1n) is 3.94. The van der Waals surface area contributed by atoms with Crippen LogP contribution in [0.3, 0.4) is 0 Å². The van der Waals surface area contributed by atoms with Gasteiger partial charge in [-0.3, -0.25) is 4.79 Å². The molecular formula is C11H7ClO. The van der Waals surface area contributed by atoms with Gasteiger partial charge in [0.2, 0.25) is 0 Å². The van der Waals surface area contributed by atoms with Crippen LogP contribution in [-0.2, 0) is 0 Å². The zero-order valence-electron chi connectivity index (χ0n) is 6.83. The summed E-state index contributed by atoms with van der Waals surface area (Å²) in [6, 6.07) is 11.1. The molecule has 0 aromatic heterocycles. The van der Waals surface area contributed by atoms with Crippen LogP contribution in [0.15, 0.2) is 36.4 Å². The van der Waals surface area contributed by atoms with E-state index in [0.29, 0.717) is 10.6 Å². The topological polar surface area (TPSA) is 17.1 Å². The Morgan fingerprint density at radius 2 is 1.69 bits per heavy atom. The van der Waals surface area contributed by atoms with Crippen LogP contribution in [-0.4, -0.2) is 6.29 Å². The second kappa shape index (κ2) is 3.19. The molecule has 0 aliphatic heterocycles. The predicted molar refractivity (Wildman–Crippen MR) is 54.3 cm³/mol. The first kappa shape index (κ1) is 8.27. The molecule has 0 fully saturated rings. The highest BCUT2D eigenvalue weighted by molar-refractivity contribution is 6.31. The lowest BCUT2D eigenvalue weighted by atomic mass is 10.1. The molecule has 0 atom stereocenters. The van der Waals surface area contributed by atoms with Crippen molar-refractivity contribution in [1.29, 1.82) is 0 Å². The lowest BCUT2D eigenvalue weighted by Gasteiger charge is -1.98. The van der Waals surface area contributed by atoms with Crippen LogP contribution in [0.2, 0.25) is 5.02 Å². The Morgan fingerprint density at radius 3 is 2.46 bits per heavy atom. The lowest BCUT2D eigenvalue weighted by molar-refractivity contribution is 0.112. The predicted octanol–water partition coefficient (Wildman–Crippen LogP) is 3.31. The quantitative estimate of drug-likeness (QED) is 0.631. The largest absolute Gasteiger partial charge is 0.298 e. The summed E-state index contributed by atoms with van der Waals surface area (Å²) in [5.74, 6) is 0. The van der Waals surface area contributed by atoms with E-state index in [4.69, 9.17) is 11.6 Å². The maximum Gasteiger partial charge on any atom is 0.150 e. The van der Waals surface area contributed by atoms with Gasteiger partial charge in [-0.05, 0) is 29.0 Å². The van der Waals surface area contributed by atoms with Gasteiger partial charge in [0.05, 0.1) is 0 Å². The fourth-order valence-corrected chi connectivity index (χ4v) is 1.49. The summed E-state index contributed by atoms with van der Waals surface area (Å²) >= 11 is 5.82. The number of hydrogen-bond acceptors (Lipinski definition) is 1. The molecular weight excluding hydrogens is 184 g/mol. The van der Waals surface area contributed by atoms with E-state index in [1.165, 1.54) is 0 Å². The highest BCUT2D eigenvalue weighted by Crippen LogP contribution is 2.19. The molecule has 0 bridgehead atoms. The van der Waals surface area contributed by atoms with Crippen molar-refractivity contribution < 1.29 is 4.79 Å². The molecule has 0 spiro atoms. The minimum atomic E-state index is 0.690. The first-order valence-corrected chi connectivity index (χ1v) is 4.32. The molecule has 0 heterocycles. The molecule has 2 aromatic carbocycles. The number of benzene rings is 2. The summed E-state index contributed by atoms with van der Waals surface area (Å²) in [5, 5.41) is 2.80. The van der Waals surface area contributed by atoms with Gasteiger partial charge in [0, 0.05) is 10.6 Å². The van der Waals surface area contributed by atoms with E-state index in [2.05, 4.69) is 0 Å². The fourth-order valence-electron chi connectivity index (χ4n) is 1.31.